The molecule has 96 valence electrons. The summed E-state index contributed by atoms with van der Waals surface area (Å²) in [4.78, 5) is 20.9. The highest BCUT2D eigenvalue weighted by atomic mass is 16.5. The molecule has 0 aliphatic rings. The number of carbonyl (C=O) groups is 2. The smallest absolute Gasteiger partial charge is 0.404 e. The van der Waals surface area contributed by atoms with Gasteiger partial charge < -0.3 is 15.2 Å². The zero-order valence-electron chi connectivity index (χ0n) is 10.2. The van der Waals surface area contributed by atoms with Crippen molar-refractivity contribution in [2.45, 2.75) is 27.4 Å². The molecule has 2 N–H and O–H groups in total. The van der Waals surface area contributed by atoms with Crippen molar-refractivity contribution in [1.82, 2.24) is 0 Å². The summed E-state index contributed by atoms with van der Waals surface area (Å²) in [5.41, 5.74) is 5.57. The van der Waals surface area contributed by atoms with Gasteiger partial charge in [-0.3, -0.25) is 4.79 Å². The Bertz CT molecular complexity index is 365. The van der Waals surface area contributed by atoms with Crippen molar-refractivity contribution in [3.05, 3.63) is 29.8 Å². The monoisotopic (exact) mass is 241 g/mol. The molecule has 0 aliphatic heterocycles. The normalized spacial score (nSPS) is 8.65. The van der Waals surface area contributed by atoms with E-state index in [4.69, 9.17) is 10.5 Å². The number of hydrogen-bond donors (Lipinski definition) is 1. The molecule has 5 nitrogen and oxygen atoms in total. The Labute approximate surface area is 102 Å². The highest BCUT2D eigenvalue weighted by Gasteiger charge is 1.99. The van der Waals surface area contributed by atoms with Gasteiger partial charge >= 0.3 is 12.1 Å². The minimum Gasteiger partial charge on any atom is -0.445 e. The topological polar surface area (TPSA) is 78.6 Å². The van der Waals surface area contributed by atoms with E-state index < -0.39 is 6.09 Å². The summed E-state index contributed by atoms with van der Waals surface area (Å²) in [6, 6.07) is 6.59. The van der Waals surface area contributed by atoms with E-state index in [1.54, 1.807) is 24.3 Å². The molecule has 1 amide bonds. The van der Waals surface area contributed by atoms with Crippen LogP contribution in [0.25, 0.3) is 0 Å². The maximum Gasteiger partial charge on any atom is 0.404 e. The average Bonchev–Trinajstić information content (AvgIpc) is 2.30. The summed E-state index contributed by atoms with van der Waals surface area (Å²) in [5.74, 6) is 0.0708. The molecule has 0 radical (unpaired) electrons. The van der Waals surface area contributed by atoms with Crippen LogP contribution in [0, 0.1) is 0 Å². The molecule has 1 rings (SSSR count). The fourth-order valence-corrected chi connectivity index (χ4v) is 0.974. The Morgan fingerprint density at radius 3 is 2.18 bits per heavy atom. The predicted octanol–water partition coefficient (Wildman–Crippen LogP) is 2.48. The molecule has 0 saturated carbocycles. The molecule has 0 bridgehead atoms. The quantitative estimate of drug-likeness (QED) is 0.651. The molecule has 17 heavy (non-hydrogen) atoms. The van der Waals surface area contributed by atoms with Gasteiger partial charge in [-0.15, -0.1) is 0 Å². The van der Waals surface area contributed by atoms with Crippen LogP contribution in [0.4, 0.5) is 4.79 Å². The number of hydrogen-bond acceptors (Lipinski definition) is 4. The van der Waals surface area contributed by atoms with Crippen molar-refractivity contribution < 1.29 is 20.5 Å². The molecule has 0 aliphatic carbocycles. The Morgan fingerprint density at radius 1 is 1.24 bits per heavy atom. The highest BCUT2D eigenvalue weighted by molar-refractivity contribution is 5.69. The molecule has 0 fully saturated rings. The fourth-order valence-electron chi connectivity index (χ4n) is 0.974. The first-order valence-electron chi connectivity index (χ1n) is 5.27. The van der Waals surface area contributed by atoms with Crippen LogP contribution in [0.5, 0.6) is 5.75 Å². The van der Waals surface area contributed by atoms with E-state index in [0.29, 0.717) is 5.75 Å². The number of ether oxygens (including phenoxy) is 2. The maximum absolute atomic E-state index is 10.6. The van der Waals surface area contributed by atoms with Gasteiger partial charge in [0.25, 0.3) is 0 Å². The first kappa shape index (κ1) is 15.0. The Hall–Kier alpha value is -2.04. The van der Waals surface area contributed by atoms with Crippen LogP contribution in [0.2, 0.25) is 0 Å². The molecule has 5 heteroatoms. The summed E-state index contributed by atoms with van der Waals surface area (Å²) in [5, 5.41) is 0. The number of benzene rings is 1. The van der Waals surface area contributed by atoms with E-state index in [0.717, 1.165) is 5.56 Å². The van der Waals surface area contributed by atoms with Gasteiger partial charge in [0.05, 0.1) is 0 Å². The van der Waals surface area contributed by atoms with Crippen molar-refractivity contribution in [3.63, 3.8) is 0 Å². The minimum absolute atomic E-state index is 0. The van der Waals surface area contributed by atoms with Gasteiger partial charge in [-0.25, -0.2) is 4.79 Å². The third kappa shape index (κ3) is 6.94. The summed E-state index contributed by atoms with van der Waals surface area (Å²) in [6.45, 7) is 5.43. The lowest BCUT2D eigenvalue weighted by atomic mass is 10.2. The molecule has 0 unspecified atom stereocenters. The van der Waals surface area contributed by atoms with Gasteiger partial charge in [0, 0.05) is 8.35 Å². The molecule has 1 aromatic carbocycles. The van der Waals surface area contributed by atoms with E-state index in [1.165, 1.54) is 6.92 Å². The van der Waals surface area contributed by atoms with Gasteiger partial charge in [-0.2, -0.15) is 0 Å². The summed E-state index contributed by atoms with van der Waals surface area (Å²) >= 11 is 0. The summed E-state index contributed by atoms with van der Waals surface area (Å²) in [7, 11) is 0. The lowest BCUT2D eigenvalue weighted by molar-refractivity contribution is -0.131. The van der Waals surface area contributed by atoms with E-state index in [2.05, 4.69) is 4.74 Å². The van der Waals surface area contributed by atoms with Crippen LogP contribution in [-0.2, 0) is 16.1 Å². The van der Waals surface area contributed by atoms with E-state index >= 15 is 0 Å². The molecule has 0 heterocycles. The molecule has 0 spiro atoms. The second-order valence-electron chi connectivity index (χ2n) is 2.85. The number of amides is 1. The minimum atomic E-state index is -0.820. The van der Waals surface area contributed by atoms with E-state index in [1.807, 2.05) is 13.8 Å². The lowest BCUT2D eigenvalue weighted by Gasteiger charge is -2.03. The van der Waals surface area contributed by atoms with Crippen LogP contribution in [0.3, 0.4) is 0 Å². The van der Waals surface area contributed by atoms with E-state index in [9.17, 15) is 9.59 Å². The second-order valence-corrected chi connectivity index (χ2v) is 2.85. The van der Waals surface area contributed by atoms with Crippen molar-refractivity contribution in [1.29, 1.82) is 0 Å². The zero-order valence-corrected chi connectivity index (χ0v) is 10.2. The van der Waals surface area contributed by atoms with Crippen molar-refractivity contribution in [2.24, 2.45) is 5.73 Å². The van der Waals surface area contributed by atoms with Crippen molar-refractivity contribution >= 4 is 12.1 Å². The fraction of sp³-hybridized carbons (Fsp3) is 0.333. The van der Waals surface area contributed by atoms with Crippen LogP contribution in [-0.4, -0.2) is 12.1 Å². The molecule has 0 atom stereocenters. The predicted molar refractivity (Wildman–Crippen MR) is 65.6 cm³/mol. The second kappa shape index (κ2) is 8.15. The van der Waals surface area contributed by atoms with Crippen LogP contribution in [0.1, 0.15) is 27.8 Å². The third-order valence-electron chi connectivity index (χ3n) is 1.57. The zero-order chi connectivity index (χ0) is 13.3. The lowest BCUT2D eigenvalue weighted by Crippen LogP contribution is -2.12. The Kier molecular flexibility index (Phi) is 7.17. The first-order valence-corrected chi connectivity index (χ1v) is 5.27. The maximum atomic E-state index is 10.6. The SMILES string of the molecule is CC.CC(=O)Oc1ccc(COC(N)=O)cc1.[HH]. The van der Waals surface area contributed by atoms with Gasteiger partial charge in [0.1, 0.15) is 12.4 Å². The van der Waals surface area contributed by atoms with Crippen LogP contribution >= 0.6 is 0 Å². The first-order chi connectivity index (χ1) is 8.08. The molecular weight excluding hydrogens is 222 g/mol. The average molecular weight is 241 g/mol. The third-order valence-corrected chi connectivity index (χ3v) is 1.57. The summed E-state index contributed by atoms with van der Waals surface area (Å²) in [6.07, 6.45) is -0.820. The number of esters is 1. The van der Waals surface area contributed by atoms with E-state index in [-0.39, 0.29) is 14.0 Å². The van der Waals surface area contributed by atoms with Crippen LogP contribution < -0.4 is 10.5 Å². The van der Waals surface area contributed by atoms with Gasteiger partial charge in [0.2, 0.25) is 0 Å². The largest absolute Gasteiger partial charge is 0.445 e. The van der Waals surface area contributed by atoms with Gasteiger partial charge in [0.15, 0.2) is 0 Å². The highest BCUT2D eigenvalue weighted by Crippen LogP contribution is 2.12. The molecule has 0 aromatic heterocycles. The van der Waals surface area contributed by atoms with Crippen molar-refractivity contribution in [2.75, 3.05) is 0 Å². The number of primary amides is 1. The Morgan fingerprint density at radius 2 is 1.76 bits per heavy atom. The van der Waals surface area contributed by atoms with Crippen molar-refractivity contribution in [3.8, 4) is 5.75 Å². The molecular formula is C12H19NO4. The van der Waals surface area contributed by atoms with Gasteiger partial charge in [-0.1, -0.05) is 26.0 Å². The summed E-state index contributed by atoms with van der Waals surface area (Å²) < 4.78 is 9.40. The van der Waals surface area contributed by atoms with Crippen LogP contribution in [0.15, 0.2) is 24.3 Å². The standard InChI is InChI=1S/C10H11NO4.C2H6.H2/c1-7(12)15-9-4-2-8(3-5-9)6-14-10(11)13;1-2;/h2-5H,6H2,1H3,(H2,11,13);1-2H3;1H. The number of rotatable bonds is 3. The van der Waals surface area contributed by atoms with Gasteiger partial charge in [-0.05, 0) is 17.7 Å². The molecule has 0 saturated heterocycles. The number of carbonyl (C=O) groups excluding carboxylic acids is 2. The number of nitrogens with two attached hydrogens (primary N) is 1. The molecule has 1 aromatic rings. The Balaban J connectivity index is 0.